The van der Waals surface area contributed by atoms with Crippen molar-refractivity contribution in [3.63, 3.8) is 0 Å². The Labute approximate surface area is 181 Å². The largest absolute Gasteiger partial charge is 0.505 e. The molecule has 0 unspecified atom stereocenters. The number of phenolic OH excluding ortho intramolecular Hbond substituents is 2. The highest BCUT2D eigenvalue weighted by Gasteiger charge is 2.23. The number of nitrogens with zero attached hydrogens (tertiary/aromatic N) is 6. The maximum atomic E-state index is 11.5. The molecule has 0 spiro atoms. The molecular formula is C24H16N6O2. The zero-order chi connectivity index (χ0) is 21.7. The van der Waals surface area contributed by atoms with Gasteiger partial charge in [0.05, 0.1) is 24.8 Å². The Morgan fingerprint density at radius 2 is 1.03 bits per heavy atom. The van der Waals surface area contributed by atoms with Crippen LogP contribution in [0.4, 0.5) is 0 Å². The molecule has 2 aromatic heterocycles. The summed E-state index contributed by atoms with van der Waals surface area (Å²) in [6.07, 6.45) is 6.42. The van der Waals surface area contributed by atoms with Crippen LogP contribution in [-0.4, -0.2) is 40.2 Å². The quantitative estimate of drug-likeness (QED) is 0.444. The second-order valence-electron chi connectivity index (χ2n) is 7.38. The van der Waals surface area contributed by atoms with Crippen LogP contribution in [0.3, 0.4) is 0 Å². The van der Waals surface area contributed by atoms with Crippen molar-refractivity contribution in [2.45, 2.75) is 0 Å². The fourth-order valence-electron chi connectivity index (χ4n) is 4.17. The molecular weight excluding hydrogens is 404 g/mol. The van der Waals surface area contributed by atoms with Gasteiger partial charge in [-0.1, -0.05) is 59.0 Å². The number of aromatic hydroxyl groups is 2. The van der Waals surface area contributed by atoms with Crippen molar-refractivity contribution in [3.05, 3.63) is 85.5 Å². The van der Waals surface area contributed by atoms with Crippen molar-refractivity contribution < 1.29 is 10.2 Å². The Kier molecular flexibility index (Phi) is 3.91. The average Bonchev–Trinajstić information content (AvgIpc) is 3.54. The minimum atomic E-state index is -0.00890. The van der Waals surface area contributed by atoms with Crippen molar-refractivity contribution in [1.29, 1.82) is 0 Å². The van der Waals surface area contributed by atoms with Crippen LogP contribution in [0.25, 0.3) is 44.0 Å². The van der Waals surface area contributed by atoms with E-state index < -0.39 is 0 Å². The van der Waals surface area contributed by atoms with Gasteiger partial charge in [-0.15, -0.1) is 10.2 Å². The highest BCUT2D eigenvalue weighted by atomic mass is 16.3. The molecule has 4 aromatic carbocycles. The average molecular weight is 420 g/mol. The molecule has 8 heteroatoms. The summed E-state index contributed by atoms with van der Waals surface area (Å²) in [5, 5.41) is 42.2. The third-order valence-corrected chi connectivity index (χ3v) is 5.59. The van der Waals surface area contributed by atoms with Crippen LogP contribution in [-0.2, 0) is 0 Å². The summed E-state index contributed by atoms with van der Waals surface area (Å²) in [5.41, 5.74) is 1.94. The van der Waals surface area contributed by atoms with Crippen LogP contribution in [0.5, 0.6) is 11.5 Å². The molecule has 6 rings (SSSR count). The van der Waals surface area contributed by atoms with E-state index in [1.54, 1.807) is 24.8 Å². The first-order chi connectivity index (χ1) is 15.7. The van der Waals surface area contributed by atoms with Crippen LogP contribution in [0.1, 0.15) is 0 Å². The third-order valence-electron chi connectivity index (χ3n) is 5.59. The number of benzene rings is 4. The van der Waals surface area contributed by atoms with Crippen LogP contribution in [0.2, 0.25) is 0 Å². The molecule has 2 N–H and O–H groups in total. The lowest BCUT2D eigenvalue weighted by molar-refractivity contribution is 0.465. The smallest absolute Gasteiger partial charge is 0.149 e. The van der Waals surface area contributed by atoms with Crippen molar-refractivity contribution >= 4 is 21.5 Å². The standard InChI is InChI=1S/C24H16N6O2/c31-23-19(29-11-9-25-27-29)13-15-5-1-3-7-17(15)21(23)22-18-8-4-2-6-16(18)14-20(24(22)32)30-12-10-26-28-30/h1-14,31-32H. The van der Waals surface area contributed by atoms with E-state index >= 15 is 0 Å². The molecule has 0 radical (unpaired) electrons. The van der Waals surface area contributed by atoms with Crippen LogP contribution < -0.4 is 0 Å². The highest BCUT2D eigenvalue weighted by Crippen LogP contribution is 2.48. The predicted octanol–water partition coefficient (Wildman–Crippen LogP) is 4.23. The Morgan fingerprint density at radius 1 is 0.594 bits per heavy atom. The van der Waals surface area contributed by atoms with Gasteiger partial charge in [-0.2, -0.15) is 0 Å². The molecule has 6 aromatic rings. The second-order valence-corrected chi connectivity index (χ2v) is 7.38. The van der Waals surface area contributed by atoms with Gasteiger partial charge < -0.3 is 10.2 Å². The van der Waals surface area contributed by atoms with Gasteiger partial charge in [-0.25, -0.2) is 9.36 Å². The van der Waals surface area contributed by atoms with Gasteiger partial charge in [-0.05, 0) is 33.7 Å². The summed E-state index contributed by atoms with van der Waals surface area (Å²) in [6, 6.07) is 19.1. The Balaban J connectivity index is 1.80. The zero-order valence-corrected chi connectivity index (χ0v) is 16.7. The summed E-state index contributed by atoms with van der Waals surface area (Å²) in [6.45, 7) is 0. The summed E-state index contributed by atoms with van der Waals surface area (Å²) < 4.78 is 3.01. The third kappa shape index (κ3) is 2.63. The normalized spacial score (nSPS) is 11.4. The first kappa shape index (κ1) is 18.1. The van der Waals surface area contributed by atoms with E-state index in [1.807, 2.05) is 60.7 Å². The first-order valence-corrected chi connectivity index (χ1v) is 9.95. The van der Waals surface area contributed by atoms with E-state index in [2.05, 4.69) is 20.6 Å². The zero-order valence-electron chi connectivity index (χ0n) is 16.7. The topological polar surface area (TPSA) is 102 Å². The molecule has 0 amide bonds. The molecule has 2 heterocycles. The van der Waals surface area contributed by atoms with E-state index in [1.165, 1.54) is 9.36 Å². The molecule has 0 saturated carbocycles. The Morgan fingerprint density at radius 3 is 1.44 bits per heavy atom. The van der Waals surface area contributed by atoms with Crippen LogP contribution in [0.15, 0.2) is 85.5 Å². The molecule has 0 saturated heterocycles. The van der Waals surface area contributed by atoms with Crippen LogP contribution in [0, 0.1) is 0 Å². The van der Waals surface area contributed by atoms with Gasteiger partial charge in [0, 0.05) is 11.1 Å². The van der Waals surface area contributed by atoms with Crippen molar-refractivity contribution in [1.82, 2.24) is 30.0 Å². The molecule has 8 nitrogen and oxygen atoms in total. The fourth-order valence-corrected chi connectivity index (χ4v) is 4.17. The van der Waals surface area contributed by atoms with E-state index in [0.717, 1.165) is 21.5 Å². The molecule has 0 aliphatic rings. The number of hydrogen-bond acceptors (Lipinski definition) is 6. The van der Waals surface area contributed by atoms with Gasteiger partial charge in [0.2, 0.25) is 0 Å². The predicted molar refractivity (Wildman–Crippen MR) is 120 cm³/mol. The van der Waals surface area contributed by atoms with Gasteiger partial charge in [0.25, 0.3) is 0 Å². The van der Waals surface area contributed by atoms with Crippen LogP contribution >= 0.6 is 0 Å². The number of rotatable bonds is 3. The fraction of sp³-hybridized carbons (Fsp3) is 0. The molecule has 0 aliphatic heterocycles. The SMILES string of the molecule is Oc1c(-n2ccnn2)cc2ccccc2c1-c1c(O)c(-n2ccnn2)cc2ccccc12. The lowest BCUT2D eigenvalue weighted by Crippen LogP contribution is -2.00. The molecule has 32 heavy (non-hydrogen) atoms. The summed E-state index contributed by atoms with van der Waals surface area (Å²) >= 11 is 0. The molecule has 0 fully saturated rings. The molecule has 154 valence electrons. The maximum Gasteiger partial charge on any atom is 0.149 e. The highest BCUT2D eigenvalue weighted by molar-refractivity contribution is 6.12. The molecule has 0 bridgehead atoms. The van der Waals surface area contributed by atoms with Gasteiger partial charge in [-0.3, -0.25) is 0 Å². The molecule has 0 atom stereocenters. The maximum absolute atomic E-state index is 11.5. The van der Waals surface area contributed by atoms with Crippen molar-refractivity contribution in [3.8, 4) is 34.0 Å². The summed E-state index contributed by atoms with van der Waals surface area (Å²) in [4.78, 5) is 0. The van der Waals surface area contributed by atoms with E-state index in [0.29, 0.717) is 22.5 Å². The first-order valence-electron chi connectivity index (χ1n) is 9.95. The Hall–Kier alpha value is -4.72. The van der Waals surface area contributed by atoms with Crippen molar-refractivity contribution in [2.75, 3.05) is 0 Å². The van der Waals surface area contributed by atoms with Gasteiger partial charge in [0.1, 0.15) is 22.9 Å². The van der Waals surface area contributed by atoms with Gasteiger partial charge >= 0.3 is 0 Å². The van der Waals surface area contributed by atoms with E-state index in [-0.39, 0.29) is 11.5 Å². The Bertz CT molecular complexity index is 1470. The molecule has 0 aliphatic carbocycles. The lowest BCUT2D eigenvalue weighted by atomic mass is 9.91. The summed E-state index contributed by atoms with van der Waals surface area (Å²) in [5.74, 6) is -0.0178. The van der Waals surface area contributed by atoms with Gasteiger partial charge in [0.15, 0.2) is 0 Å². The minimum Gasteiger partial charge on any atom is -0.505 e. The summed E-state index contributed by atoms with van der Waals surface area (Å²) in [7, 11) is 0. The minimum absolute atomic E-state index is 0.00890. The second kappa shape index (κ2) is 6.92. The van der Waals surface area contributed by atoms with E-state index in [9.17, 15) is 10.2 Å². The monoisotopic (exact) mass is 420 g/mol. The van der Waals surface area contributed by atoms with E-state index in [4.69, 9.17) is 0 Å². The number of aromatic nitrogens is 6. The number of hydrogen-bond donors (Lipinski definition) is 2. The number of phenols is 2. The lowest BCUT2D eigenvalue weighted by Gasteiger charge is -2.18. The van der Waals surface area contributed by atoms with Crippen molar-refractivity contribution in [2.24, 2.45) is 0 Å². The number of fused-ring (bicyclic) bond motifs is 2.